The Morgan fingerprint density at radius 3 is 2.53 bits per heavy atom. The molecule has 1 aliphatic heterocycles. The predicted molar refractivity (Wildman–Crippen MR) is 66.0 cm³/mol. The molecule has 1 heterocycles. The maximum atomic E-state index is 5.73. The first-order chi connectivity index (χ1) is 8.35. The molecule has 1 aliphatic carbocycles. The Morgan fingerprint density at radius 1 is 1.18 bits per heavy atom. The first kappa shape index (κ1) is 13.3. The van der Waals surface area contributed by atoms with Gasteiger partial charge in [0.05, 0.1) is 19.8 Å². The van der Waals surface area contributed by atoms with E-state index >= 15 is 0 Å². The van der Waals surface area contributed by atoms with Crippen molar-refractivity contribution >= 4 is 0 Å². The molecule has 2 rings (SSSR count). The Bertz CT molecular complexity index is 207. The quantitative estimate of drug-likeness (QED) is 0.718. The fourth-order valence-corrected chi connectivity index (χ4v) is 2.80. The van der Waals surface area contributed by atoms with E-state index in [2.05, 4.69) is 5.32 Å². The van der Waals surface area contributed by atoms with Crippen LogP contribution in [0.25, 0.3) is 0 Å². The summed E-state index contributed by atoms with van der Waals surface area (Å²) in [6, 6.07) is 0. The van der Waals surface area contributed by atoms with Crippen LogP contribution in [0.3, 0.4) is 0 Å². The molecule has 1 spiro atoms. The Labute approximate surface area is 104 Å². The van der Waals surface area contributed by atoms with E-state index in [1.807, 2.05) is 0 Å². The first-order valence-electron chi connectivity index (χ1n) is 6.82. The molecular formula is C13H25NO3. The second kappa shape index (κ2) is 6.69. The van der Waals surface area contributed by atoms with Gasteiger partial charge in [-0.15, -0.1) is 0 Å². The number of hydrogen-bond acceptors (Lipinski definition) is 4. The highest BCUT2D eigenvalue weighted by atomic mass is 16.7. The lowest BCUT2D eigenvalue weighted by molar-refractivity contribution is -0.182. The van der Waals surface area contributed by atoms with Gasteiger partial charge in [-0.2, -0.15) is 0 Å². The minimum absolute atomic E-state index is 0.194. The van der Waals surface area contributed by atoms with E-state index in [9.17, 15) is 0 Å². The number of hydrogen-bond donors (Lipinski definition) is 1. The second-order valence-corrected chi connectivity index (χ2v) is 5.08. The van der Waals surface area contributed by atoms with Crippen molar-refractivity contribution < 1.29 is 14.2 Å². The van der Waals surface area contributed by atoms with Gasteiger partial charge in [-0.05, 0) is 31.7 Å². The van der Waals surface area contributed by atoms with Crippen molar-refractivity contribution in [1.82, 2.24) is 5.32 Å². The summed E-state index contributed by atoms with van der Waals surface area (Å²) in [5.74, 6) is 0.642. The first-order valence-corrected chi connectivity index (χ1v) is 6.82. The van der Waals surface area contributed by atoms with Gasteiger partial charge in [0.25, 0.3) is 0 Å². The van der Waals surface area contributed by atoms with Crippen molar-refractivity contribution in [2.45, 2.75) is 37.9 Å². The molecule has 4 heteroatoms. The molecule has 4 nitrogen and oxygen atoms in total. The number of ether oxygens (including phenoxy) is 3. The average Bonchev–Trinajstić information content (AvgIpc) is 2.80. The van der Waals surface area contributed by atoms with Crippen molar-refractivity contribution in [2.24, 2.45) is 5.92 Å². The molecule has 0 bridgehead atoms. The van der Waals surface area contributed by atoms with Crippen LogP contribution in [0.15, 0.2) is 0 Å². The van der Waals surface area contributed by atoms with Crippen molar-refractivity contribution in [1.29, 1.82) is 0 Å². The van der Waals surface area contributed by atoms with Crippen LogP contribution >= 0.6 is 0 Å². The highest BCUT2D eigenvalue weighted by molar-refractivity contribution is 4.82. The van der Waals surface area contributed by atoms with Gasteiger partial charge in [0, 0.05) is 26.5 Å². The molecule has 0 aromatic rings. The summed E-state index contributed by atoms with van der Waals surface area (Å²) in [4.78, 5) is 0. The van der Waals surface area contributed by atoms with E-state index in [1.165, 1.54) is 19.3 Å². The van der Waals surface area contributed by atoms with E-state index in [1.54, 1.807) is 7.11 Å². The standard InChI is InChI=1S/C13H25NO3/c1-15-9-8-14-7-4-12-2-5-13(6-3-12)16-10-11-17-13/h12,14H,2-11H2,1H3. The lowest BCUT2D eigenvalue weighted by atomic mass is 9.83. The highest BCUT2D eigenvalue weighted by Gasteiger charge is 2.39. The Kier molecular flexibility index (Phi) is 5.22. The van der Waals surface area contributed by atoms with Gasteiger partial charge in [0.1, 0.15) is 0 Å². The molecule has 0 radical (unpaired) electrons. The SMILES string of the molecule is COCCNCCC1CCC2(CC1)OCCO2. The lowest BCUT2D eigenvalue weighted by Gasteiger charge is -2.35. The van der Waals surface area contributed by atoms with E-state index in [0.29, 0.717) is 0 Å². The molecule has 17 heavy (non-hydrogen) atoms. The largest absolute Gasteiger partial charge is 0.383 e. The topological polar surface area (TPSA) is 39.7 Å². The zero-order valence-corrected chi connectivity index (χ0v) is 10.9. The third-order valence-corrected chi connectivity index (χ3v) is 3.89. The van der Waals surface area contributed by atoms with Crippen LogP contribution in [0.2, 0.25) is 0 Å². The summed E-state index contributed by atoms with van der Waals surface area (Å²) in [5, 5.41) is 3.41. The summed E-state index contributed by atoms with van der Waals surface area (Å²) in [5.41, 5.74) is 0. The molecule has 2 aliphatic rings. The summed E-state index contributed by atoms with van der Waals surface area (Å²) in [6.07, 6.45) is 5.91. The lowest BCUT2D eigenvalue weighted by Crippen LogP contribution is -2.35. The Hall–Kier alpha value is -0.160. The van der Waals surface area contributed by atoms with Gasteiger partial charge < -0.3 is 19.5 Å². The minimum Gasteiger partial charge on any atom is -0.383 e. The van der Waals surface area contributed by atoms with Crippen molar-refractivity contribution in [3.63, 3.8) is 0 Å². The van der Waals surface area contributed by atoms with Gasteiger partial charge in [-0.1, -0.05) is 0 Å². The fourth-order valence-electron chi connectivity index (χ4n) is 2.80. The van der Waals surface area contributed by atoms with Crippen LogP contribution in [0.1, 0.15) is 32.1 Å². The van der Waals surface area contributed by atoms with Crippen LogP contribution < -0.4 is 5.32 Å². The molecule has 0 aromatic carbocycles. The summed E-state index contributed by atoms with van der Waals surface area (Å²) in [7, 11) is 1.74. The molecular weight excluding hydrogens is 218 g/mol. The predicted octanol–water partition coefficient (Wildman–Crippen LogP) is 1.55. The number of methoxy groups -OCH3 is 1. The van der Waals surface area contributed by atoms with Crippen molar-refractivity contribution in [3.8, 4) is 0 Å². The summed E-state index contributed by atoms with van der Waals surface area (Å²) >= 11 is 0. The maximum absolute atomic E-state index is 5.73. The molecule has 2 fully saturated rings. The Balaban J connectivity index is 1.56. The van der Waals surface area contributed by atoms with Crippen molar-refractivity contribution in [3.05, 3.63) is 0 Å². The average molecular weight is 243 g/mol. The van der Waals surface area contributed by atoms with Crippen LogP contribution in [0, 0.1) is 5.92 Å². The Morgan fingerprint density at radius 2 is 1.88 bits per heavy atom. The molecule has 1 saturated carbocycles. The fraction of sp³-hybridized carbons (Fsp3) is 1.00. The van der Waals surface area contributed by atoms with Gasteiger partial charge >= 0.3 is 0 Å². The summed E-state index contributed by atoms with van der Waals surface area (Å²) < 4.78 is 16.5. The van der Waals surface area contributed by atoms with Gasteiger partial charge in [0.2, 0.25) is 0 Å². The molecule has 0 unspecified atom stereocenters. The van der Waals surface area contributed by atoms with Crippen LogP contribution in [-0.4, -0.2) is 45.8 Å². The second-order valence-electron chi connectivity index (χ2n) is 5.08. The zero-order valence-electron chi connectivity index (χ0n) is 10.9. The molecule has 0 amide bonds. The molecule has 0 atom stereocenters. The molecule has 1 saturated heterocycles. The van der Waals surface area contributed by atoms with Crippen LogP contribution in [-0.2, 0) is 14.2 Å². The van der Waals surface area contributed by atoms with E-state index < -0.39 is 0 Å². The molecule has 1 N–H and O–H groups in total. The third kappa shape index (κ3) is 3.91. The number of rotatable bonds is 6. The van der Waals surface area contributed by atoms with E-state index in [-0.39, 0.29) is 5.79 Å². The smallest absolute Gasteiger partial charge is 0.168 e. The van der Waals surface area contributed by atoms with Gasteiger partial charge in [0.15, 0.2) is 5.79 Å². The monoisotopic (exact) mass is 243 g/mol. The van der Waals surface area contributed by atoms with Crippen LogP contribution in [0.5, 0.6) is 0 Å². The van der Waals surface area contributed by atoms with Crippen LogP contribution in [0.4, 0.5) is 0 Å². The maximum Gasteiger partial charge on any atom is 0.168 e. The molecule has 100 valence electrons. The van der Waals surface area contributed by atoms with Crippen molar-refractivity contribution in [2.75, 3.05) is 40.0 Å². The normalized spacial score (nSPS) is 24.5. The zero-order chi connectivity index (χ0) is 12.0. The minimum atomic E-state index is -0.194. The van der Waals surface area contributed by atoms with Gasteiger partial charge in [-0.25, -0.2) is 0 Å². The van der Waals surface area contributed by atoms with Gasteiger partial charge in [-0.3, -0.25) is 0 Å². The van der Waals surface area contributed by atoms with E-state index in [0.717, 1.165) is 51.7 Å². The number of nitrogens with one attached hydrogen (secondary N) is 1. The summed E-state index contributed by atoms with van der Waals surface area (Å²) in [6.45, 7) is 4.42. The van der Waals surface area contributed by atoms with E-state index in [4.69, 9.17) is 14.2 Å². The highest BCUT2D eigenvalue weighted by Crippen LogP contribution is 2.39. The molecule has 0 aromatic heterocycles. The third-order valence-electron chi connectivity index (χ3n) is 3.89.